The van der Waals surface area contributed by atoms with E-state index in [1.54, 1.807) is 24.3 Å². The standard InChI is InChI=1S/C22H29N3O3S/c1-17(25(2)19-8-4-3-5-9-19)16-23-22(26)24-18-12-14-21(15-13-18)29(27,28)20-10-6-7-11-20/h3-5,8-9,12-15,17,20H,6-7,10-11,16H2,1-2H3,(H2,23,24,26)/t17-/m0/s1. The van der Waals surface area contributed by atoms with Crippen molar-refractivity contribution in [2.75, 3.05) is 23.8 Å². The molecule has 2 aromatic carbocycles. The normalized spacial score (nSPS) is 15.7. The molecule has 2 aromatic rings. The molecule has 6 nitrogen and oxygen atoms in total. The van der Waals surface area contributed by atoms with Crippen LogP contribution in [0.15, 0.2) is 59.5 Å². The smallest absolute Gasteiger partial charge is 0.319 e. The number of urea groups is 1. The summed E-state index contributed by atoms with van der Waals surface area (Å²) in [6.45, 7) is 2.52. The highest BCUT2D eigenvalue weighted by Crippen LogP contribution is 2.30. The van der Waals surface area contributed by atoms with E-state index in [4.69, 9.17) is 0 Å². The van der Waals surface area contributed by atoms with Crippen molar-refractivity contribution < 1.29 is 13.2 Å². The van der Waals surface area contributed by atoms with E-state index >= 15 is 0 Å². The summed E-state index contributed by atoms with van der Waals surface area (Å²) >= 11 is 0. The van der Waals surface area contributed by atoms with Gasteiger partial charge in [0, 0.05) is 31.0 Å². The summed E-state index contributed by atoms with van der Waals surface area (Å²) in [5.41, 5.74) is 1.65. The van der Waals surface area contributed by atoms with Gasteiger partial charge in [0.1, 0.15) is 0 Å². The van der Waals surface area contributed by atoms with Crippen LogP contribution in [0.5, 0.6) is 0 Å². The largest absolute Gasteiger partial charge is 0.370 e. The second-order valence-corrected chi connectivity index (χ2v) is 9.83. The number of anilines is 2. The second kappa shape index (κ2) is 9.31. The van der Waals surface area contributed by atoms with E-state index < -0.39 is 9.84 Å². The van der Waals surface area contributed by atoms with Gasteiger partial charge >= 0.3 is 6.03 Å². The van der Waals surface area contributed by atoms with Crippen LogP contribution in [0.25, 0.3) is 0 Å². The lowest BCUT2D eigenvalue weighted by Gasteiger charge is -2.27. The maximum absolute atomic E-state index is 12.6. The molecular formula is C22H29N3O3S. The molecule has 1 atom stereocenters. The Balaban J connectivity index is 1.51. The number of sulfone groups is 1. The summed E-state index contributed by atoms with van der Waals surface area (Å²) < 4.78 is 25.2. The van der Waals surface area contributed by atoms with Crippen molar-refractivity contribution >= 4 is 27.2 Å². The van der Waals surface area contributed by atoms with E-state index in [2.05, 4.69) is 15.5 Å². The van der Waals surface area contributed by atoms with Gasteiger partial charge in [0.25, 0.3) is 0 Å². The van der Waals surface area contributed by atoms with Crippen molar-refractivity contribution in [1.82, 2.24) is 5.32 Å². The number of nitrogens with one attached hydrogen (secondary N) is 2. The molecule has 1 aliphatic carbocycles. The SMILES string of the molecule is C[C@@H](CNC(=O)Nc1ccc(S(=O)(=O)C2CCCC2)cc1)N(C)c1ccccc1. The van der Waals surface area contributed by atoms with E-state index in [1.165, 1.54) is 0 Å². The van der Waals surface area contributed by atoms with Crippen molar-refractivity contribution in [3.63, 3.8) is 0 Å². The molecular weight excluding hydrogens is 386 g/mol. The number of hydrogen-bond acceptors (Lipinski definition) is 4. The molecule has 1 fully saturated rings. The van der Waals surface area contributed by atoms with Crippen LogP contribution in [-0.4, -0.2) is 39.3 Å². The molecule has 0 aromatic heterocycles. The summed E-state index contributed by atoms with van der Waals surface area (Å²) in [6, 6.07) is 16.2. The highest BCUT2D eigenvalue weighted by Gasteiger charge is 2.30. The van der Waals surface area contributed by atoms with Gasteiger partial charge in [0.05, 0.1) is 10.1 Å². The fourth-order valence-electron chi connectivity index (χ4n) is 3.59. The first-order valence-corrected chi connectivity index (χ1v) is 11.6. The van der Waals surface area contributed by atoms with Gasteiger partial charge in [0.15, 0.2) is 9.84 Å². The first kappa shape index (κ1) is 21.2. The molecule has 0 unspecified atom stereocenters. The first-order chi connectivity index (χ1) is 13.9. The van der Waals surface area contributed by atoms with Crippen LogP contribution in [0.1, 0.15) is 32.6 Å². The van der Waals surface area contributed by atoms with Gasteiger partial charge in [-0.2, -0.15) is 0 Å². The zero-order valence-corrected chi connectivity index (χ0v) is 17.8. The van der Waals surface area contributed by atoms with Crippen LogP contribution in [-0.2, 0) is 9.84 Å². The Kier molecular flexibility index (Phi) is 6.79. The van der Waals surface area contributed by atoms with Crippen LogP contribution < -0.4 is 15.5 Å². The van der Waals surface area contributed by atoms with Crippen LogP contribution in [0.3, 0.4) is 0 Å². The lowest BCUT2D eigenvalue weighted by molar-refractivity contribution is 0.251. The van der Waals surface area contributed by atoms with Gasteiger partial charge in [-0.25, -0.2) is 13.2 Å². The third-order valence-corrected chi connectivity index (χ3v) is 7.84. The number of carbonyl (C=O) groups is 1. The van der Waals surface area contributed by atoms with Gasteiger partial charge in [-0.15, -0.1) is 0 Å². The lowest BCUT2D eigenvalue weighted by atomic mass is 10.2. The Labute approximate surface area is 173 Å². The quantitative estimate of drug-likeness (QED) is 0.715. The molecule has 156 valence electrons. The summed E-state index contributed by atoms with van der Waals surface area (Å²) in [6.07, 6.45) is 3.42. The minimum atomic E-state index is -3.28. The molecule has 2 amide bonds. The van der Waals surface area contributed by atoms with Crippen molar-refractivity contribution in [3.05, 3.63) is 54.6 Å². The topological polar surface area (TPSA) is 78.5 Å². The molecule has 1 saturated carbocycles. The lowest BCUT2D eigenvalue weighted by Crippen LogP contribution is -2.41. The average molecular weight is 416 g/mol. The summed E-state index contributed by atoms with van der Waals surface area (Å²) in [7, 11) is -1.29. The van der Waals surface area contributed by atoms with E-state index in [0.29, 0.717) is 17.1 Å². The zero-order chi connectivity index (χ0) is 20.9. The van der Waals surface area contributed by atoms with Crippen molar-refractivity contribution in [3.8, 4) is 0 Å². The molecule has 3 rings (SSSR count). The summed E-state index contributed by atoms with van der Waals surface area (Å²) in [4.78, 5) is 14.6. The van der Waals surface area contributed by atoms with Crippen molar-refractivity contribution in [1.29, 1.82) is 0 Å². The minimum Gasteiger partial charge on any atom is -0.370 e. The molecule has 0 aliphatic heterocycles. The van der Waals surface area contributed by atoms with E-state index in [9.17, 15) is 13.2 Å². The Morgan fingerprint density at radius 2 is 1.69 bits per heavy atom. The Bertz CT molecular complexity index is 908. The average Bonchev–Trinajstić information content (AvgIpc) is 3.28. The number of rotatable bonds is 7. The number of amides is 2. The molecule has 7 heteroatoms. The molecule has 0 bridgehead atoms. The highest BCUT2D eigenvalue weighted by atomic mass is 32.2. The fourth-order valence-corrected chi connectivity index (χ4v) is 5.44. The number of nitrogens with zero attached hydrogens (tertiary/aromatic N) is 1. The first-order valence-electron chi connectivity index (χ1n) is 10.0. The Hall–Kier alpha value is -2.54. The molecule has 0 heterocycles. The zero-order valence-electron chi connectivity index (χ0n) is 17.0. The Morgan fingerprint density at radius 3 is 2.31 bits per heavy atom. The van der Waals surface area contributed by atoms with Gasteiger partial charge < -0.3 is 15.5 Å². The van der Waals surface area contributed by atoms with Gasteiger partial charge in [-0.05, 0) is 56.2 Å². The van der Waals surface area contributed by atoms with Gasteiger partial charge in [0.2, 0.25) is 0 Å². The molecule has 0 saturated heterocycles. The number of carbonyl (C=O) groups excluding carboxylic acids is 1. The summed E-state index contributed by atoms with van der Waals surface area (Å²) in [5.74, 6) is 0. The molecule has 29 heavy (non-hydrogen) atoms. The molecule has 1 aliphatic rings. The third kappa shape index (κ3) is 5.29. The van der Waals surface area contributed by atoms with Crippen molar-refractivity contribution in [2.45, 2.75) is 48.8 Å². The van der Waals surface area contributed by atoms with E-state index in [-0.39, 0.29) is 17.3 Å². The number of likely N-dealkylation sites (N-methyl/N-ethyl adjacent to an activating group) is 1. The minimum absolute atomic E-state index is 0.113. The number of hydrogen-bond donors (Lipinski definition) is 2. The number of benzene rings is 2. The van der Waals surface area contributed by atoms with Crippen LogP contribution in [0.2, 0.25) is 0 Å². The molecule has 2 N–H and O–H groups in total. The summed E-state index contributed by atoms with van der Waals surface area (Å²) in [5, 5.41) is 5.35. The highest BCUT2D eigenvalue weighted by molar-refractivity contribution is 7.92. The number of para-hydroxylation sites is 1. The van der Waals surface area contributed by atoms with E-state index in [0.717, 1.165) is 31.4 Å². The van der Waals surface area contributed by atoms with Crippen LogP contribution >= 0.6 is 0 Å². The fraction of sp³-hybridized carbons (Fsp3) is 0.409. The van der Waals surface area contributed by atoms with Gasteiger partial charge in [-0.1, -0.05) is 31.0 Å². The molecule has 0 spiro atoms. The third-order valence-electron chi connectivity index (χ3n) is 5.56. The maximum Gasteiger partial charge on any atom is 0.319 e. The van der Waals surface area contributed by atoms with E-state index in [1.807, 2.05) is 44.3 Å². The molecule has 0 radical (unpaired) electrons. The monoisotopic (exact) mass is 415 g/mol. The Morgan fingerprint density at radius 1 is 1.07 bits per heavy atom. The second-order valence-electron chi connectivity index (χ2n) is 7.61. The van der Waals surface area contributed by atoms with Crippen LogP contribution in [0.4, 0.5) is 16.2 Å². The maximum atomic E-state index is 12.6. The van der Waals surface area contributed by atoms with Crippen LogP contribution in [0, 0.1) is 0 Å². The van der Waals surface area contributed by atoms with Crippen molar-refractivity contribution in [2.24, 2.45) is 0 Å². The van der Waals surface area contributed by atoms with Gasteiger partial charge in [-0.3, -0.25) is 0 Å². The predicted molar refractivity (Wildman–Crippen MR) is 117 cm³/mol. The predicted octanol–water partition coefficient (Wildman–Crippen LogP) is 4.05.